The van der Waals surface area contributed by atoms with E-state index in [9.17, 15) is 0 Å². The maximum Gasteiger partial charge on any atom is 0.0701 e. The molecule has 0 aliphatic carbocycles. The molecule has 1 rings (SSSR count). The van der Waals surface area contributed by atoms with Gasteiger partial charge in [-0.3, -0.25) is 0 Å². The average molecular weight is 276 g/mol. The average Bonchev–Trinajstić information content (AvgIpc) is 2.59. The van der Waals surface area contributed by atoms with Crippen LogP contribution in [0.25, 0.3) is 0 Å². The fraction of sp³-hybridized carbons (Fsp3) is 0.636. The Balaban J connectivity index is 2.31. The van der Waals surface area contributed by atoms with Crippen molar-refractivity contribution in [1.29, 1.82) is 0 Å². The number of nitrogens with one attached hydrogen (secondary N) is 1. The summed E-state index contributed by atoms with van der Waals surface area (Å²) in [6.07, 6.45) is 4.99. The second kappa shape index (κ2) is 6.59. The van der Waals surface area contributed by atoms with Crippen molar-refractivity contribution >= 4 is 27.3 Å². The highest BCUT2D eigenvalue weighted by molar-refractivity contribution is 9.11. The molecule has 1 nitrogen and oxygen atoms in total. The molecule has 0 aromatic carbocycles. The number of aryl methyl sites for hydroxylation is 1. The molecular weight excluding hydrogens is 258 g/mol. The molecule has 0 aliphatic heterocycles. The smallest absolute Gasteiger partial charge is 0.0701 e. The van der Waals surface area contributed by atoms with Gasteiger partial charge in [0.15, 0.2) is 0 Å². The van der Waals surface area contributed by atoms with Gasteiger partial charge in [0.1, 0.15) is 0 Å². The van der Waals surface area contributed by atoms with Crippen LogP contribution in [0.1, 0.15) is 31.1 Å². The molecule has 1 N–H and O–H groups in total. The lowest BCUT2D eigenvalue weighted by Gasteiger charge is -2.13. The van der Waals surface area contributed by atoms with E-state index in [-0.39, 0.29) is 0 Å². The third-order valence-corrected chi connectivity index (χ3v) is 4.10. The predicted molar refractivity (Wildman–Crippen MR) is 68.1 cm³/mol. The molecule has 0 amide bonds. The van der Waals surface area contributed by atoms with Crippen LogP contribution in [0, 0.1) is 0 Å². The Morgan fingerprint density at radius 2 is 2.21 bits per heavy atom. The molecule has 0 fully saturated rings. The van der Waals surface area contributed by atoms with E-state index in [0.717, 1.165) is 0 Å². The van der Waals surface area contributed by atoms with E-state index in [1.165, 1.54) is 34.3 Å². The Kier molecular flexibility index (Phi) is 5.75. The van der Waals surface area contributed by atoms with E-state index in [1.54, 1.807) is 0 Å². The summed E-state index contributed by atoms with van der Waals surface area (Å²) in [7, 11) is 2.06. The first-order chi connectivity index (χ1) is 6.76. The van der Waals surface area contributed by atoms with Crippen LogP contribution >= 0.6 is 27.3 Å². The van der Waals surface area contributed by atoms with Crippen LogP contribution in [0.15, 0.2) is 15.9 Å². The van der Waals surface area contributed by atoms with E-state index in [2.05, 4.69) is 47.4 Å². The van der Waals surface area contributed by atoms with Crippen molar-refractivity contribution in [3.63, 3.8) is 0 Å². The Labute approximate surface area is 99.0 Å². The summed E-state index contributed by atoms with van der Waals surface area (Å²) in [5.74, 6) is 0. The van der Waals surface area contributed by atoms with Crippen molar-refractivity contribution in [2.45, 2.75) is 38.6 Å². The van der Waals surface area contributed by atoms with Crippen LogP contribution in [-0.4, -0.2) is 13.1 Å². The Bertz CT molecular complexity index is 260. The molecule has 0 aliphatic rings. The number of hydrogen-bond acceptors (Lipinski definition) is 2. The molecule has 1 heterocycles. The van der Waals surface area contributed by atoms with Crippen molar-refractivity contribution in [1.82, 2.24) is 5.32 Å². The molecule has 1 aromatic rings. The normalized spacial score (nSPS) is 13.1. The maximum absolute atomic E-state index is 3.49. The van der Waals surface area contributed by atoms with Crippen molar-refractivity contribution in [3.05, 3.63) is 20.8 Å². The molecule has 0 saturated carbocycles. The molecule has 3 heteroatoms. The lowest BCUT2D eigenvalue weighted by atomic mass is 10.1. The van der Waals surface area contributed by atoms with Crippen molar-refractivity contribution in [2.24, 2.45) is 0 Å². The summed E-state index contributed by atoms with van der Waals surface area (Å²) in [6.45, 7) is 2.24. The first-order valence-electron chi connectivity index (χ1n) is 5.17. The minimum absolute atomic E-state index is 0.681. The second-order valence-corrected chi connectivity index (χ2v) is 6.07. The topological polar surface area (TPSA) is 12.0 Å². The SMILES string of the molecule is CCCC(CCc1ccc(Br)s1)NC. The summed E-state index contributed by atoms with van der Waals surface area (Å²) in [6, 6.07) is 5.03. The lowest BCUT2D eigenvalue weighted by molar-refractivity contribution is 0.485. The maximum atomic E-state index is 3.49. The van der Waals surface area contributed by atoms with Gasteiger partial charge >= 0.3 is 0 Å². The van der Waals surface area contributed by atoms with E-state index in [0.29, 0.717) is 6.04 Å². The third kappa shape index (κ3) is 4.11. The highest BCUT2D eigenvalue weighted by Gasteiger charge is 2.05. The molecule has 1 unspecified atom stereocenters. The zero-order valence-corrected chi connectivity index (χ0v) is 11.2. The first-order valence-corrected chi connectivity index (χ1v) is 6.78. The molecule has 14 heavy (non-hydrogen) atoms. The number of halogens is 1. The number of rotatable bonds is 6. The van der Waals surface area contributed by atoms with Crippen LogP contribution in [-0.2, 0) is 6.42 Å². The molecule has 0 saturated heterocycles. The van der Waals surface area contributed by atoms with Crippen LogP contribution in [0.2, 0.25) is 0 Å². The van der Waals surface area contributed by atoms with Gasteiger partial charge < -0.3 is 5.32 Å². The van der Waals surface area contributed by atoms with Gasteiger partial charge in [0, 0.05) is 10.9 Å². The van der Waals surface area contributed by atoms with Crippen LogP contribution in [0.4, 0.5) is 0 Å². The van der Waals surface area contributed by atoms with Crippen LogP contribution in [0.5, 0.6) is 0 Å². The molecule has 80 valence electrons. The van der Waals surface area contributed by atoms with E-state index in [4.69, 9.17) is 0 Å². The van der Waals surface area contributed by atoms with Gasteiger partial charge in [0.25, 0.3) is 0 Å². The van der Waals surface area contributed by atoms with Gasteiger partial charge in [-0.2, -0.15) is 0 Å². The van der Waals surface area contributed by atoms with Gasteiger partial charge in [0.2, 0.25) is 0 Å². The number of thiophene rings is 1. The second-order valence-electron chi connectivity index (χ2n) is 3.52. The zero-order chi connectivity index (χ0) is 10.4. The van der Waals surface area contributed by atoms with Gasteiger partial charge in [-0.25, -0.2) is 0 Å². The van der Waals surface area contributed by atoms with E-state index < -0.39 is 0 Å². The summed E-state index contributed by atoms with van der Waals surface area (Å²) >= 11 is 5.34. The summed E-state index contributed by atoms with van der Waals surface area (Å²) < 4.78 is 1.24. The van der Waals surface area contributed by atoms with Crippen molar-refractivity contribution in [3.8, 4) is 0 Å². The molecule has 1 atom stereocenters. The highest BCUT2D eigenvalue weighted by atomic mass is 79.9. The van der Waals surface area contributed by atoms with Crippen LogP contribution < -0.4 is 5.32 Å². The third-order valence-electron chi connectivity index (χ3n) is 2.41. The Hall–Kier alpha value is 0.140. The van der Waals surface area contributed by atoms with Gasteiger partial charge in [-0.05, 0) is 54.4 Å². The Morgan fingerprint density at radius 1 is 1.43 bits per heavy atom. The fourth-order valence-corrected chi connectivity index (χ4v) is 3.08. The molecule has 0 radical (unpaired) electrons. The van der Waals surface area contributed by atoms with Gasteiger partial charge in [-0.15, -0.1) is 11.3 Å². The zero-order valence-electron chi connectivity index (χ0n) is 8.85. The Morgan fingerprint density at radius 3 is 2.71 bits per heavy atom. The van der Waals surface area contributed by atoms with Gasteiger partial charge in [-0.1, -0.05) is 13.3 Å². The summed E-state index contributed by atoms with van der Waals surface area (Å²) in [4.78, 5) is 1.48. The largest absolute Gasteiger partial charge is 0.317 e. The van der Waals surface area contributed by atoms with Crippen molar-refractivity contribution < 1.29 is 0 Å². The van der Waals surface area contributed by atoms with E-state index in [1.807, 2.05) is 11.3 Å². The highest BCUT2D eigenvalue weighted by Crippen LogP contribution is 2.23. The first kappa shape index (κ1) is 12.2. The molecule has 0 spiro atoms. The molecule has 1 aromatic heterocycles. The van der Waals surface area contributed by atoms with Crippen molar-refractivity contribution in [2.75, 3.05) is 7.05 Å². The summed E-state index contributed by atoms with van der Waals surface area (Å²) in [5.41, 5.74) is 0. The van der Waals surface area contributed by atoms with Gasteiger partial charge in [0.05, 0.1) is 3.79 Å². The number of hydrogen-bond donors (Lipinski definition) is 1. The minimum Gasteiger partial charge on any atom is -0.317 e. The standard InChI is InChI=1S/C11H18BrNS/c1-3-4-9(13-2)5-6-10-7-8-11(12)14-10/h7-9,13H,3-6H2,1-2H3. The lowest BCUT2D eigenvalue weighted by Crippen LogP contribution is -2.25. The van der Waals surface area contributed by atoms with Crippen LogP contribution in [0.3, 0.4) is 0 Å². The monoisotopic (exact) mass is 275 g/mol. The quantitative estimate of drug-likeness (QED) is 0.832. The minimum atomic E-state index is 0.681. The fourth-order valence-electron chi connectivity index (χ4n) is 1.58. The predicted octanol–water partition coefficient (Wildman–Crippen LogP) is 3.83. The molecule has 0 bridgehead atoms. The summed E-state index contributed by atoms with van der Waals surface area (Å²) in [5, 5.41) is 3.37. The van der Waals surface area contributed by atoms with E-state index >= 15 is 0 Å². The molecular formula is C11H18BrNS.